The Morgan fingerprint density at radius 2 is 1.92 bits per heavy atom. The van der Waals surface area contributed by atoms with Crippen molar-refractivity contribution < 1.29 is 9.90 Å². The highest BCUT2D eigenvalue weighted by Gasteiger charge is 2.09. The van der Waals surface area contributed by atoms with Crippen LogP contribution in [0.15, 0.2) is 12.1 Å². The molecular weight excluding hydrogens is 199 g/mol. The van der Waals surface area contributed by atoms with Gasteiger partial charge in [-0.2, -0.15) is 0 Å². The van der Waals surface area contributed by atoms with E-state index < -0.39 is 0 Å². The summed E-state index contributed by atoms with van der Waals surface area (Å²) in [6, 6.07) is 2.60. The van der Waals surface area contributed by atoms with E-state index in [1.807, 2.05) is 0 Å². The van der Waals surface area contributed by atoms with Gasteiger partial charge in [0, 0.05) is 11.6 Å². The van der Waals surface area contributed by atoms with E-state index in [-0.39, 0.29) is 21.6 Å². The minimum Gasteiger partial charge on any atom is -0.506 e. The van der Waals surface area contributed by atoms with Gasteiger partial charge in [-0.3, -0.25) is 4.79 Å². The maximum absolute atomic E-state index is 10.9. The van der Waals surface area contributed by atoms with Crippen LogP contribution in [0.1, 0.15) is 17.3 Å². The van der Waals surface area contributed by atoms with Crippen LogP contribution in [0.2, 0.25) is 10.0 Å². The molecule has 12 heavy (non-hydrogen) atoms. The van der Waals surface area contributed by atoms with Crippen molar-refractivity contribution in [1.29, 1.82) is 0 Å². The van der Waals surface area contributed by atoms with Gasteiger partial charge in [0.2, 0.25) is 0 Å². The SMILES string of the molecule is CC(=O)c1cc(Cl)c(O)cc1Cl. The van der Waals surface area contributed by atoms with Gasteiger partial charge in [-0.05, 0) is 13.0 Å². The third-order valence-electron chi connectivity index (χ3n) is 1.42. The second kappa shape index (κ2) is 3.33. The first-order valence-electron chi connectivity index (χ1n) is 3.21. The summed E-state index contributed by atoms with van der Waals surface area (Å²) in [5.41, 5.74) is 0.319. The van der Waals surface area contributed by atoms with Crippen LogP contribution < -0.4 is 0 Å². The van der Waals surface area contributed by atoms with Crippen molar-refractivity contribution in [2.75, 3.05) is 0 Å². The lowest BCUT2D eigenvalue weighted by Gasteiger charge is -2.01. The Balaban J connectivity index is 3.33. The van der Waals surface area contributed by atoms with Crippen LogP contribution in [0, 0.1) is 0 Å². The fourth-order valence-electron chi connectivity index (χ4n) is 0.806. The second-order valence-corrected chi connectivity index (χ2v) is 3.15. The van der Waals surface area contributed by atoms with Crippen LogP contribution in [0.5, 0.6) is 5.75 Å². The average molecular weight is 205 g/mol. The predicted octanol–water partition coefficient (Wildman–Crippen LogP) is 2.90. The molecule has 0 saturated carbocycles. The number of halogens is 2. The number of phenols is 1. The van der Waals surface area contributed by atoms with Crippen molar-refractivity contribution in [3.8, 4) is 5.75 Å². The fraction of sp³-hybridized carbons (Fsp3) is 0.125. The average Bonchev–Trinajstić information content (AvgIpc) is 1.96. The zero-order valence-corrected chi connectivity index (χ0v) is 7.78. The van der Waals surface area contributed by atoms with Gasteiger partial charge in [0.25, 0.3) is 0 Å². The van der Waals surface area contributed by atoms with Crippen molar-refractivity contribution in [3.05, 3.63) is 27.7 Å². The van der Waals surface area contributed by atoms with Crippen LogP contribution in [0.3, 0.4) is 0 Å². The normalized spacial score (nSPS) is 9.92. The molecule has 2 nitrogen and oxygen atoms in total. The fourth-order valence-corrected chi connectivity index (χ4v) is 1.26. The summed E-state index contributed by atoms with van der Waals surface area (Å²) in [5, 5.41) is 9.42. The molecule has 0 spiro atoms. The summed E-state index contributed by atoms with van der Waals surface area (Å²) in [6.45, 7) is 1.38. The zero-order valence-electron chi connectivity index (χ0n) is 6.27. The number of hydrogen-bond acceptors (Lipinski definition) is 2. The van der Waals surface area contributed by atoms with Gasteiger partial charge in [0.15, 0.2) is 5.78 Å². The van der Waals surface area contributed by atoms with E-state index in [9.17, 15) is 4.79 Å². The molecule has 4 heteroatoms. The van der Waals surface area contributed by atoms with E-state index in [2.05, 4.69) is 0 Å². The molecule has 0 atom stereocenters. The molecule has 0 fully saturated rings. The molecule has 1 rings (SSSR count). The summed E-state index contributed by atoms with van der Waals surface area (Å²) in [6.07, 6.45) is 0. The van der Waals surface area contributed by atoms with Crippen molar-refractivity contribution >= 4 is 29.0 Å². The van der Waals surface area contributed by atoms with E-state index in [1.54, 1.807) is 0 Å². The molecule has 0 aliphatic rings. The van der Waals surface area contributed by atoms with Crippen LogP contribution in [-0.2, 0) is 0 Å². The first-order chi connectivity index (χ1) is 5.52. The topological polar surface area (TPSA) is 37.3 Å². The van der Waals surface area contributed by atoms with Gasteiger partial charge >= 0.3 is 0 Å². The maximum Gasteiger partial charge on any atom is 0.161 e. The van der Waals surface area contributed by atoms with Crippen molar-refractivity contribution in [2.24, 2.45) is 0 Å². The number of rotatable bonds is 1. The monoisotopic (exact) mass is 204 g/mol. The number of benzene rings is 1. The van der Waals surface area contributed by atoms with Gasteiger partial charge in [-0.15, -0.1) is 0 Å². The first-order valence-corrected chi connectivity index (χ1v) is 3.97. The molecule has 0 heterocycles. The van der Waals surface area contributed by atoms with Crippen LogP contribution >= 0.6 is 23.2 Å². The number of carbonyl (C=O) groups is 1. The van der Waals surface area contributed by atoms with Crippen LogP contribution in [-0.4, -0.2) is 10.9 Å². The smallest absolute Gasteiger partial charge is 0.161 e. The summed E-state index contributed by atoms with van der Waals surface area (Å²) < 4.78 is 0. The molecule has 0 radical (unpaired) electrons. The van der Waals surface area contributed by atoms with E-state index in [0.29, 0.717) is 5.56 Å². The Hall–Kier alpha value is -0.730. The molecule has 0 saturated heterocycles. The zero-order chi connectivity index (χ0) is 9.30. The Morgan fingerprint density at radius 1 is 1.33 bits per heavy atom. The third kappa shape index (κ3) is 1.71. The summed E-state index contributed by atoms with van der Waals surface area (Å²) >= 11 is 11.2. The minimum absolute atomic E-state index is 0.119. The molecule has 0 bridgehead atoms. The number of carbonyl (C=O) groups excluding carboxylic acids is 1. The third-order valence-corrected chi connectivity index (χ3v) is 2.03. The minimum atomic E-state index is -0.179. The summed E-state index contributed by atoms with van der Waals surface area (Å²) in [5.74, 6) is -0.298. The van der Waals surface area contributed by atoms with E-state index in [1.165, 1.54) is 19.1 Å². The molecular formula is C8H6Cl2O2. The lowest BCUT2D eigenvalue weighted by Crippen LogP contribution is -1.92. The molecule has 64 valence electrons. The van der Waals surface area contributed by atoms with Crippen LogP contribution in [0.4, 0.5) is 0 Å². The quantitative estimate of drug-likeness (QED) is 0.715. The van der Waals surface area contributed by atoms with Gasteiger partial charge in [-0.25, -0.2) is 0 Å². The standard InChI is InChI=1S/C8H6Cl2O2/c1-4(11)5-2-7(10)8(12)3-6(5)9/h2-3,12H,1H3. The summed E-state index contributed by atoms with van der Waals surface area (Å²) in [4.78, 5) is 10.9. The van der Waals surface area contributed by atoms with Gasteiger partial charge < -0.3 is 5.11 Å². The summed E-state index contributed by atoms with van der Waals surface area (Å²) in [7, 11) is 0. The Labute approximate surface area is 79.7 Å². The van der Waals surface area contributed by atoms with Gasteiger partial charge in [0.1, 0.15) is 5.75 Å². The lowest BCUT2D eigenvalue weighted by atomic mass is 10.1. The van der Waals surface area contributed by atoms with Crippen molar-refractivity contribution in [3.63, 3.8) is 0 Å². The molecule has 1 aromatic carbocycles. The lowest BCUT2D eigenvalue weighted by molar-refractivity contribution is 0.101. The van der Waals surface area contributed by atoms with Gasteiger partial charge in [-0.1, -0.05) is 23.2 Å². The molecule has 0 aliphatic carbocycles. The number of aromatic hydroxyl groups is 1. The van der Waals surface area contributed by atoms with Crippen molar-refractivity contribution in [2.45, 2.75) is 6.92 Å². The number of hydrogen-bond donors (Lipinski definition) is 1. The molecule has 0 unspecified atom stereocenters. The second-order valence-electron chi connectivity index (χ2n) is 2.34. The Bertz CT molecular complexity index is 334. The highest BCUT2D eigenvalue weighted by Crippen LogP contribution is 2.29. The largest absolute Gasteiger partial charge is 0.506 e. The molecule has 0 aliphatic heterocycles. The molecule has 1 N–H and O–H groups in total. The van der Waals surface area contributed by atoms with Crippen molar-refractivity contribution in [1.82, 2.24) is 0 Å². The maximum atomic E-state index is 10.9. The highest BCUT2D eigenvalue weighted by atomic mass is 35.5. The van der Waals surface area contributed by atoms with E-state index in [0.717, 1.165) is 0 Å². The molecule has 1 aromatic rings. The molecule has 0 aromatic heterocycles. The van der Waals surface area contributed by atoms with E-state index >= 15 is 0 Å². The van der Waals surface area contributed by atoms with Gasteiger partial charge in [0.05, 0.1) is 10.0 Å². The molecule has 0 amide bonds. The Kier molecular flexibility index (Phi) is 2.60. The van der Waals surface area contributed by atoms with E-state index in [4.69, 9.17) is 28.3 Å². The Morgan fingerprint density at radius 3 is 2.42 bits per heavy atom. The number of Topliss-reactive ketones (excluding diaryl/α,β-unsaturated/α-hetero) is 1. The predicted molar refractivity (Wildman–Crippen MR) is 48.1 cm³/mol. The highest BCUT2D eigenvalue weighted by molar-refractivity contribution is 6.36. The first kappa shape index (κ1) is 9.36. The van der Waals surface area contributed by atoms with Crippen LogP contribution in [0.25, 0.3) is 0 Å². The number of phenolic OH excluding ortho intramolecular Hbond substituents is 1. The number of ketones is 1.